The Bertz CT molecular complexity index is 1200. The van der Waals surface area contributed by atoms with Gasteiger partial charge in [-0.3, -0.25) is 9.52 Å². The number of sulfonamides is 1. The number of ether oxygens (including phenoxy) is 1. The van der Waals surface area contributed by atoms with E-state index in [1.54, 1.807) is 43.3 Å². The maximum absolute atomic E-state index is 12.9. The molecule has 0 radical (unpaired) electrons. The van der Waals surface area contributed by atoms with Crippen molar-refractivity contribution in [2.24, 2.45) is 0 Å². The Hall–Kier alpha value is -3.03. The van der Waals surface area contributed by atoms with E-state index in [9.17, 15) is 13.2 Å². The first-order chi connectivity index (χ1) is 14.3. The first kappa shape index (κ1) is 20.3. The number of carbonyl (C=O) groups excluding carboxylic acids is 1. The van der Waals surface area contributed by atoms with E-state index in [4.69, 9.17) is 16.3 Å². The van der Waals surface area contributed by atoms with Gasteiger partial charge in [0.2, 0.25) is 0 Å². The Balaban J connectivity index is 1.53. The predicted octanol–water partition coefficient (Wildman–Crippen LogP) is 4.39. The zero-order valence-corrected chi connectivity index (χ0v) is 17.6. The van der Waals surface area contributed by atoms with E-state index in [0.717, 1.165) is 5.56 Å². The van der Waals surface area contributed by atoms with Crippen molar-refractivity contribution in [3.05, 3.63) is 82.9 Å². The van der Waals surface area contributed by atoms with Gasteiger partial charge in [-0.25, -0.2) is 8.42 Å². The van der Waals surface area contributed by atoms with Crippen LogP contribution in [0.5, 0.6) is 5.75 Å². The second kappa shape index (κ2) is 8.01. The molecule has 0 spiro atoms. The van der Waals surface area contributed by atoms with E-state index >= 15 is 0 Å². The van der Waals surface area contributed by atoms with Gasteiger partial charge in [0.1, 0.15) is 5.75 Å². The molecule has 3 aromatic rings. The van der Waals surface area contributed by atoms with Gasteiger partial charge in [0.25, 0.3) is 15.9 Å². The van der Waals surface area contributed by atoms with Crippen LogP contribution in [-0.4, -0.2) is 20.4 Å². The monoisotopic (exact) mass is 442 g/mol. The molecule has 1 heterocycles. The minimum Gasteiger partial charge on any atom is -0.480 e. The number of benzene rings is 3. The van der Waals surface area contributed by atoms with Gasteiger partial charge in [0, 0.05) is 12.1 Å². The van der Waals surface area contributed by atoms with Crippen LogP contribution in [0.1, 0.15) is 11.1 Å². The molecule has 4 rings (SSSR count). The number of hydrogen-bond acceptors (Lipinski definition) is 4. The average molecular weight is 443 g/mol. The maximum Gasteiger partial charge on any atom is 0.265 e. The van der Waals surface area contributed by atoms with E-state index in [1.807, 2.05) is 24.3 Å². The lowest BCUT2D eigenvalue weighted by Gasteiger charge is -2.15. The number of anilines is 2. The Morgan fingerprint density at radius 1 is 1.07 bits per heavy atom. The minimum atomic E-state index is -3.90. The SMILES string of the molecule is Cc1ccc(NC(=O)[C@H]2Cc3ccccc3O2)cc1S(=O)(=O)Nc1ccccc1Cl. The van der Waals surface area contributed by atoms with Gasteiger partial charge in [0.05, 0.1) is 15.6 Å². The Morgan fingerprint density at radius 3 is 2.57 bits per heavy atom. The standard InChI is InChI=1S/C22H19ClN2O4S/c1-14-10-11-16(24-22(26)20-12-15-6-2-5-9-19(15)29-20)13-21(14)30(27,28)25-18-8-4-3-7-17(18)23/h2-11,13,20,25H,12H2,1H3,(H,24,26)/t20-/m1/s1. The molecule has 2 N–H and O–H groups in total. The van der Waals surface area contributed by atoms with Gasteiger partial charge in [-0.2, -0.15) is 0 Å². The van der Waals surface area contributed by atoms with Gasteiger partial charge in [-0.15, -0.1) is 0 Å². The normalized spacial score (nSPS) is 15.2. The number of hydrogen-bond donors (Lipinski definition) is 2. The molecule has 0 bridgehead atoms. The van der Waals surface area contributed by atoms with Crippen molar-refractivity contribution in [3.63, 3.8) is 0 Å². The Kier molecular flexibility index (Phi) is 5.40. The molecule has 0 fully saturated rings. The van der Waals surface area contributed by atoms with Gasteiger partial charge in [-0.05, 0) is 48.4 Å². The Morgan fingerprint density at radius 2 is 1.80 bits per heavy atom. The number of aryl methyl sites for hydroxylation is 1. The summed E-state index contributed by atoms with van der Waals surface area (Å²) in [6.07, 6.45) is -0.197. The topological polar surface area (TPSA) is 84.5 Å². The summed E-state index contributed by atoms with van der Waals surface area (Å²) in [4.78, 5) is 12.7. The molecule has 6 nitrogen and oxygen atoms in total. The summed E-state index contributed by atoms with van der Waals surface area (Å²) in [5, 5.41) is 3.04. The fourth-order valence-electron chi connectivity index (χ4n) is 3.26. The lowest BCUT2D eigenvalue weighted by molar-refractivity contribution is -0.122. The number of fused-ring (bicyclic) bond motifs is 1. The van der Waals surface area contributed by atoms with Crippen LogP contribution in [0.4, 0.5) is 11.4 Å². The Labute approximate surface area is 179 Å². The molecule has 3 aromatic carbocycles. The highest BCUT2D eigenvalue weighted by Crippen LogP contribution is 2.30. The van der Waals surface area contributed by atoms with Gasteiger partial charge in [-0.1, -0.05) is 48.0 Å². The number of para-hydroxylation sites is 2. The lowest BCUT2D eigenvalue weighted by atomic mass is 10.1. The van der Waals surface area contributed by atoms with Gasteiger partial charge < -0.3 is 10.1 Å². The summed E-state index contributed by atoms with van der Waals surface area (Å²) in [6.45, 7) is 1.68. The third-order valence-corrected chi connectivity index (χ3v) is 6.64. The lowest BCUT2D eigenvalue weighted by Crippen LogP contribution is -2.31. The van der Waals surface area contributed by atoms with Gasteiger partial charge >= 0.3 is 0 Å². The second-order valence-electron chi connectivity index (χ2n) is 6.97. The van der Waals surface area contributed by atoms with Crippen LogP contribution >= 0.6 is 11.6 Å². The van der Waals surface area contributed by atoms with Crippen molar-refractivity contribution in [2.75, 3.05) is 10.0 Å². The van der Waals surface area contributed by atoms with Crippen LogP contribution in [0.2, 0.25) is 5.02 Å². The molecule has 1 aliphatic rings. The van der Waals surface area contributed by atoms with E-state index in [2.05, 4.69) is 10.0 Å². The summed E-state index contributed by atoms with van der Waals surface area (Å²) >= 11 is 6.07. The third kappa shape index (κ3) is 4.13. The van der Waals surface area contributed by atoms with Crippen molar-refractivity contribution >= 4 is 38.9 Å². The summed E-state index contributed by atoms with van der Waals surface area (Å²) in [5.74, 6) is 0.353. The predicted molar refractivity (Wildman–Crippen MR) is 117 cm³/mol. The third-order valence-electron chi connectivity index (χ3n) is 4.80. The highest BCUT2D eigenvalue weighted by Gasteiger charge is 2.29. The van der Waals surface area contributed by atoms with Crippen LogP contribution in [0.3, 0.4) is 0 Å². The number of nitrogens with one attached hydrogen (secondary N) is 2. The van der Waals surface area contributed by atoms with Crippen LogP contribution in [0.25, 0.3) is 0 Å². The minimum absolute atomic E-state index is 0.0517. The molecule has 154 valence electrons. The van der Waals surface area contributed by atoms with Crippen molar-refractivity contribution in [1.82, 2.24) is 0 Å². The molecule has 0 saturated carbocycles. The van der Waals surface area contributed by atoms with Crippen LogP contribution in [-0.2, 0) is 21.2 Å². The second-order valence-corrected chi connectivity index (χ2v) is 9.03. The fourth-order valence-corrected chi connectivity index (χ4v) is 4.85. The molecule has 1 atom stereocenters. The molecule has 8 heteroatoms. The van der Waals surface area contributed by atoms with E-state index in [1.165, 1.54) is 6.07 Å². The van der Waals surface area contributed by atoms with E-state index in [-0.39, 0.29) is 16.5 Å². The zero-order chi connectivity index (χ0) is 21.3. The number of rotatable bonds is 5. The van der Waals surface area contributed by atoms with Crippen molar-refractivity contribution in [2.45, 2.75) is 24.3 Å². The molecule has 1 aliphatic heterocycles. The van der Waals surface area contributed by atoms with Crippen LogP contribution in [0, 0.1) is 6.92 Å². The smallest absolute Gasteiger partial charge is 0.265 e. The molecule has 0 saturated heterocycles. The van der Waals surface area contributed by atoms with Gasteiger partial charge in [0.15, 0.2) is 6.10 Å². The number of carbonyl (C=O) groups is 1. The molecular formula is C22H19ClN2O4S. The number of amides is 1. The quantitative estimate of drug-likeness (QED) is 0.613. The highest BCUT2D eigenvalue weighted by molar-refractivity contribution is 7.92. The van der Waals surface area contributed by atoms with Crippen LogP contribution in [0.15, 0.2) is 71.6 Å². The van der Waals surface area contributed by atoms with E-state index < -0.39 is 16.1 Å². The summed E-state index contributed by atoms with van der Waals surface area (Å²) in [6, 6.07) is 18.8. The molecule has 0 aromatic heterocycles. The first-order valence-corrected chi connectivity index (χ1v) is 11.1. The first-order valence-electron chi connectivity index (χ1n) is 9.27. The summed E-state index contributed by atoms with van der Waals surface area (Å²) in [5.41, 5.74) is 2.15. The average Bonchev–Trinajstić information content (AvgIpc) is 3.15. The summed E-state index contributed by atoms with van der Waals surface area (Å²) in [7, 11) is -3.90. The number of halogens is 1. The maximum atomic E-state index is 12.9. The highest BCUT2D eigenvalue weighted by atomic mass is 35.5. The largest absolute Gasteiger partial charge is 0.480 e. The van der Waals surface area contributed by atoms with Crippen LogP contribution < -0.4 is 14.8 Å². The molecular weight excluding hydrogens is 424 g/mol. The molecule has 0 aliphatic carbocycles. The zero-order valence-electron chi connectivity index (χ0n) is 16.1. The molecule has 30 heavy (non-hydrogen) atoms. The van der Waals surface area contributed by atoms with Crippen molar-refractivity contribution in [3.8, 4) is 5.75 Å². The van der Waals surface area contributed by atoms with Crippen molar-refractivity contribution in [1.29, 1.82) is 0 Å². The molecule has 1 amide bonds. The van der Waals surface area contributed by atoms with E-state index in [0.29, 0.717) is 28.4 Å². The van der Waals surface area contributed by atoms with Crippen molar-refractivity contribution < 1.29 is 17.9 Å². The molecule has 0 unspecified atom stereocenters. The summed E-state index contributed by atoms with van der Waals surface area (Å²) < 4.78 is 34.0. The fraction of sp³-hybridized carbons (Fsp3) is 0.136.